The monoisotopic (exact) mass is 1350 g/mol. The highest BCUT2D eigenvalue weighted by atomic mass is 127. The molecule has 89 heavy (non-hydrogen) atoms. The zero-order chi connectivity index (χ0) is 66.1. The van der Waals surface area contributed by atoms with Gasteiger partial charge in [0.15, 0.2) is 11.3 Å². The third-order valence-electron chi connectivity index (χ3n) is 16.9. The maximum absolute atomic E-state index is 15.1. The number of esters is 2. The van der Waals surface area contributed by atoms with E-state index in [4.69, 9.17) is 24.6 Å². The fourth-order valence-corrected chi connectivity index (χ4v) is 12.4. The molecule has 4 saturated heterocycles. The van der Waals surface area contributed by atoms with E-state index >= 15 is 9.59 Å². The van der Waals surface area contributed by atoms with Crippen molar-refractivity contribution in [3.05, 3.63) is 43.1 Å². The molecule has 4 fully saturated rings. The highest BCUT2D eigenvalue weighted by Gasteiger charge is 2.46. The van der Waals surface area contributed by atoms with Gasteiger partial charge in [-0.05, 0) is 97.9 Å². The number of carbonyl (C=O) groups is 12. The number of hydrogen-bond acceptors (Lipinski definition) is 18. The van der Waals surface area contributed by atoms with E-state index in [0.29, 0.717) is 16.4 Å². The number of nitrogens with two attached hydrogens (primary N) is 1. The van der Waals surface area contributed by atoms with Crippen molar-refractivity contribution in [1.82, 2.24) is 55.7 Å². The van der Waals surface area contributed by atoms with Gasteiger partial charge in [0, 0.05) is 47.3 Å². The van der Waals surface area contributed by atoms with E-state index in [1.807, 2.05) is 22.6 Å². The number of ether oxygens (including phenoxy) is 2. The number of nitrogens with one attached hydrogen (secondary N) is 4. The molecule has 0 spiro atoms. The first-order valence-corrected chi connectivity index (χ1v) is 30.9. The lowest BCUT2D eigenvalue weighted by molar-refractivity contribution is -0.163. The molecule has 10 amide bonds. The summed E-state index contributed by atoms with van der Waals surface area (Å²) in [7, 11) is 5.58. The van der Waals surface area contributed by atoms with E-state index < -0.39 is 191 Å². The highest BCUT2D eigenvalue weighted by Crippen LogP contribution is 2.34. The Labute approximate surface area is 528 Å². The van der Waals surface area contributed by atoms with Crippen LogP contribution in [0.15, 0.2) is 27.4 Å². The first-order chi connectivity index (χ1) is 41.7. The lowest BCUT2D eigenvalue weighted by atomic mass is 9.99. The van der Waals surface area contributed by atoms with Gasteiger partial charge in [0.1, 0.15) is 71.8 Å². The van der Waals surface area contributed by atoms with Gasteiger partial charge in [-0.1, -0.05) is 55.4 Å². The molecule has 0 aromatic heterocycles. The summed E-state index contributed by atoms with van der Waals surface area (Å²) in [4.78, 5) is 198. The summed E-state index contributed by atoms with van der Waals surface area (Å²) in [5, 5.41) is 10.6. The number of nitrogens with zero attached hydrogens (tertiary/aromatic N) is 7. The molecule has 1 aliphatic carbocycles. The van der Waals surface area contributed by atoms with E-state index in [0.717, 1.165) is 15.9 Å². The van der Waals surface area contributed by atoms with E-state index in [1.54, 1.807) is 55.4 Å². The van der Waals surface area contributed by atoms with Crippen LogP contribution in [0.4, 0.5) is 5.69 Å². The molecule has 6 N–H and O–H groups in total. The zero-order valence-electron chi connectivity index (χ0n) is 52.6. The first-order valence-electron chi connectivity index (χ1n) is 29.8. The van der Waals surface area contributed by atoms with E-state index in [1.165, 1.54) is 73.8 Å². The summed E-state index contributed by atoms with van der Waals surface area (Å²) in [5.74, 6) is -12.4. The van der Waals surface area contributed by atoms with Gasteiger partial charge < -0.3 is 70.3 Å². The number of amides is 10. The number of anilines is 1. The Bertz CT molecular complexity index is 3370. The summed E-state index contributed by atoms with van der Waals surface area (Å²) in [5.41, 5.74) is 3.08. The fraction of sp³-hybridized carbons (Fsp3) is 0.600. The van der Waals surface area contributed by atoms with Crippen molar-refractivity contribution in [3.63, 3.8) is 0 Å². The number of cyclic esters (lactones) is 2. The number of fused-ring (bicyclic) bond motifs is 4. The summed E-state index contributed by atoms with van der Waals surface area (Å²) in [6.45, 7) is 15.4. The number of halogens is 1. The van der Waals surface area contributed by atoms with Crippen LogP contribution in [0.2, 0.25) is 0 Å². The number of carbonyl (C=O) groups excluding carboxylic acids is 12. The van der Waals surface area contributed by atoms with Gasteiger partial charge in [-0.2, -0.15) is 0 Å². The van der Waals surface area contributed by atoms with Crippen molar-refractivity contribution in [1.29, 1.82) is 0 Å². The lowest BCUT2D eigenvalue weighted by Crippen LogP contribution is -2.61. The minimum atomic E-state index is -1.88. The van der Waals surface area contributed by atoms with Crippen LogP contribution >= 0.6 is 22.6 Å². The molecule has 0 bridgehead atoms. The minimum Gasteiger partial charge on any atom is -0.458 e. The van der Waals surface area contributed by atoms with Crippen LogP contribution in [0.1, 0.15) is 116 Å². The molecule has 5 aliphatic heterocycles. The van der Waals surface area contributed by atoms with Crippen molar-refractivity contribution >= 4 is 110 Å². The SMILES string of the molecule is CC(C)[C@H]1C(=O)O[C@H](C)[C@H](NC(=O)c2c3nc4c(C(=O)N[C@@H]5C(=O)N[C@H](C(C)C)C(=O)N6CCC[C@H]6C(=O)N(C)CC(=O)N(C)[C@@H](C(C)C)C(=O)O[C@@H]5C)ccc(I)c4oc-3cc(=O)c2N)C(=O)N[C@H](C(C)C)C(=O)N2CCC[C@H]2C(=O)N(C)CC(=O)N1C. The molecule has 0 unspecified atom stereocenters. The predicted molar refractivity (Wildman–Crippen MR) is 329 cm³/mol. The number of benzene rings is 2. The first kappa shape index (κ1) is 68.5. The minimum absolute atomic E-state index is 0.0971. The van der Waals surface area contributed by atoms with Gasteiger partial charge in [-0.3, -0.25) is 52.7 Å². The number of nitrogen functional groups attached to an aromatic ring is 1. The Morgan fingerprint density at radius 2 is 1.06 bits per heavy atom. The maximum atomic E-state index is 15.1. The standard InChI is InChI=1S/C60H81IN12O16/c1-26(2)42-57(83)72-21-15-17-34(72)55(81)68(11)24-38(75)70(13)48(28(5)6)59(85)87-30(9)44(53(79)64-42)66-51(77)32-19-20-33(61)50-46(32)63-47-37(89-50)23-36(74)41(62)40(47)52(78)67-45-31(10)88-60(86)49(29(7)8)71(14)39(76)25-69(12)56(82)35-18-16-22-73(35)58(84)43(27(3)4)65-54(45)80/h19-20,23,26-31,34-35,42-45,48-49H,15-18,21-22,24-25,62H2,1-14H3,(H,64,79)(H,65,80)(H,66,77)(H,67,78)/t30-,31-,34+,35+,42-,43-,44+,45+,48+,49+/m1/s1. The predicted octanol–water partition coefficient (Wildman–Crippen LogP) is 0.713. The van der Waals surface area contributed by atoms with Crippen LogP contribution in [0.5, 0.6) is 0 Å². The smallest absolute Gasteiger partial charge is 0.329 e. The van der Waals surface area contributed by atoms with Crippen molar-refractivity contribution < 1.29 is 71.4 Å². The molecular formula is C60H81IN12O16. The Morgan fingerprint density at radius 3 is 1.47 bits per heavy atom. The second-order valence-corrected chi connectivity index (χ2v) is 26.0. The third-order valence-corrected chi connectivity index (χ3v) is 17.8. The number of likely N-dealkylation sites (N-methyl/N-ethyl adjacent to an activating group) is 4. The molecule has 6 aliphatic rings. The molecule has 1 aromatic rings. The third kappa shape index (κ3) is 14.2. The Hall–Kier alpha value is -7.99. The van der Waals surface area contributed by atoms with E-state index in [2.05, 4.69) is 21.3 Å². The summed E-state index contributed by atoms with van der Waals surface area (Å²) in [6.07, 6.45) is -1.65. The van der Waals surface area contributed by atoms with Crippen molar-refractivity contribution in [2.75, 3.05) is 60.1 Å². The molecule has 28 nitrogen and oxygen atoms in total. The largest absolute Gasteiger partial charge is 0.458 e. The second kappa shape index (κ2) is 27.8. The number of hydrogen-bond donors (Lipinski definition) is 5. The van der Waals surface area contributed by atoms with Gasteiger partial charge in [0.25, 0.3) is 11.8 Å². The van der Waals surface area contributed by atoms with Crippen LogP contribution in [0.3, 0.4) is 0 Å². The Balaban J connectivity index is 1.30. The van der Waals surface area contributed by atoms with Crippen LogP contribution in [-0.4, -0.2) is 220 Å². The number of aromatic nitrogens is 1. The molecule has 10 atom stereocenters. The van der Waals surface area contributed by atoms with Crippen LogP contribution < -0.4 is 32.4 Å². The Morgan fingerprint density at radius 1 is 0.629 bits per heavy atom. The second-order valence-electron chi connectivity index (χ2n) is 24.8. The van der Waals surface area contributed by atoms with Crippen LogP contribution in [0.25, 0.3) is 22.6 Å². The average molecular weight is 1350 g/mol. The lowest BCUT2D eigenvalue weighted by Gasteiger charge is -2.36. The van der Waals surface area contributed by atoms with E-state index in [-0.39, 0.29) is 48.4 Å². The zero-order valence-corrected chi connectivity index (χ0v) is 54.7. The molecule has 1 aromatic carbocycles. The van der Waals surface area contributed by atoms with Gasteiger partial charge in [-0.25, -0.2) is 14.6 Å². The van der Waals surface area contributed by atoms with Gasteiger partial charge >= 0.3 is 11.9 Å². The quantitative estimate of drug-likeness (QED) is 0.0897. The van der Waals surface area contributed by atoms with Crippen LogP contribution in [0, 0.1) is 27.2 Å². The van der Waals surface area contributed by atoms with Gasteiger partial charge in [0.05, 0.1) is 33.5 Å². The molecule has 7 rings (SSSR count). The van der Waals surface area contributed by atoms with Gasteiger partial charge in [-0.15, -0.1) is 0 Å². The molecule has 0 radical (unpaired) electrons. The fourth-order valence-electron chi connectivity index (χ4n) is 11.9. The normalized spacial score (nSPS) is 26.4. The molecular weight excluding hydrogens is 1270 g/mol. The summed E-state index contributed by atoms with van der Waals surface area (Å²) < 4.78 is 18.5. The van der Waals surface area contributed by atoms with Crippen molar-refractivity contribution in [3.8, 4) is 11.5 Å². The van der Waals surface area contributed by atoms with Crippen molar-refractivity contribution in [2.24, 2.45) is 23.7 Å². The summed E-state index contributed by atoms with van der Waals surface area (Å²) >= 11 is 1.89. The number of rotatable bonds is 8. The maximum Gasteiger partial charge on any atom is 0.329 e. The van der Waals surface area contributed by atoms with E-state index in [9.17, 15) is 52.7 Å². The van der Waals surface area contributed by atoms with Gasteiger partial charge in [0.2, 0.25) is 52.7 Å². The highest BCUT2D eigenvalue weighted by molar-refractivity contribution is 14.1. The molecule has 484 valence electrons. The molecule has 5 heterocycles. The molecule has 0 saturated carbocycles. The topological polar surface area (TPSA) is 360 Å². The summed E-state index contributed by atoms with van der Waals surface area (Å²) in [6, 6.07) is -6.97. The average Bonchev–Trinajstić information content (AvgIpc) is 1.46. The molecule has 29 heteroatoms. The van der Waals surface area contributed by atoms with Crippen molar-refractivity contribution in [2.45, 2.75) is 155 Å². The van der Waals surface area contributed by atoms with Crippen LogP contribution in [-0.2, 0) is 57.4 Å². The Kier molecular flexibility index (Phi) is 21.4.